The van der Waals surface area contributed by atoms with Gasteiger partial charge in [0.25, 0.3) is 0 Å². The van der Waals surface area contributed by atoms with Gasteiger partial charge in [0.15, 0.2) is 0 Å². The molecule has 0 aromatic rings. The molecule has 5 nitrogen and oxygen atoms in total. The number of hydrogen-bond acceptors (Lipinski definition) is 3. The Morgan fingerprint density at radius 3 is 2.93 bits per heavy atom. The van der Waals surface area contributed by atoms with E-state index in [0.29, 0.717) is 19.5 Å². The smallest absolute Gasteiger partial charge is 0.239 e. The maximum Gasteiger partial charge on any atom is 0.239 e. The fraction of sp³-hybridized carbons (Fsp3) is 0.800. The van der Waals surface area contributed by atoms with Crippen LogP contribution in [0.1, 0.15) is 26.2 Å². The predicted octanol–water partition coefficient (Wildman–Crippen LogP) is -0.538. The summed E-state index contributed by atoms with van der Waals surface area (Å²) in [4.78, 5) is 24.5. The van der Waals surface area contributed by atoms with E-state index in [1.807, 2.05) is 6.92 Å². The third kappa shape index (κ3) is 3.87. The highest BCUT2D eigenvalue weighted by molar-refractivity contribution is 5.85. The van der Waals surface area contributed by atoms with Gasteiger partial charge in [-0.25, -0.2) is 0 Å². The lowest BCUT2D eigenvalue weighted by Gasteiger charge is -2.26. The number of piperidine rings is 1. The Kier molecular flexibility index (Phi) is 4.55. The standard InChI is InChI=1S/C10H19N3O2/c1-8(6-11)12-9(14)7-13-5-3-2-4-10(13)15/h8H,2-7,11H2,1H3,(H,12,14)/t8-/m0/s1. The van der Waals surface area contributed by atoms with E-state index < -0.39 is 0 Å². The number of rotatable bonds is 4. The zero-order valence-electron chi connectivity index (χ0n) is 9.16. The molecule has 1 fully saturated rings. The lowest BCUT2D eigenvalue weighted by atomic mass is 10.1. The molecule has 3 N–H and O–H groups in total. The van der Waals surface area contributed by atoms with Gasteiger partial charge in [0, 0.05) is 25.6 Å². The van der Waals surface area contributed by atoms with Crippen molar-refractivity contribution in [3.63, 3.8) is 0 Å². The number of nitrogens with two attached hydrogens (primary N) is 1. The second-order valence-corrected chi connectivity index (χ2v) is 3.98. The molecule has 1 atom stereocenters. The monoisotopic (exact) mass is 213 g/mol. The minimum atomic E-state index is -0.122. The summed E-state index contributed by atoms with van der Waals surface area (Å²) in [6.07, 6.45) is 2.50. The van der Waals surface area contributed by atoms with Crippen LogP contribution in [0.15, 0.2) is 0 Å². The quantitative estimate of drug-likeness (QED) is 0.658. The number of hydrogen-bond donors (Lipinski definition) is 2. The van der Waals surface area contributed by atoms with Crippen LogP contribution in [-0.2, 0) is 9.59 Å². The van der Waals surface area contributed by atoms with Crippen molar-refractivity contribution in [3.05, 3.63) is 0 Å². The Bertz CT molecular complexity index is 243. The van der Waals surface area contributed by atoms with Crippen LogP contribution >= 0.6 is 0 Å². The number of carbonyl (C=O) groups excluding carboxylic acids is 2. The van der Waals surface area contributed by atoms with Crippen LogP contribution in [0.5, 0.6) is 0 Å². The van der Waals surface area contributed by atoms with Gasteiger partial charge in [0.1, 0.15) is 0 Å². The molecule has 0 aromatic heterocycles. The van der Waals surface area contributed by atoms with Gasteiger partial charge in [-0.05, 0) is 19.8 Å². The van der Waals surface area contributed by atoms with E-state index in [1.165, 1.54) is 0 Å². The minimum Gasteiger partial charge on any atom is -0.351 e. The minimum absolute atomic E-state index is 0.0302. The van der Waals surface area contributed by atoms with Gasteiger partial charge in [0.05, 0.1) is 6.54 Å². The molecule has 0 bridgehead atoms. The van der Waals surface area contributed by atoms with E-state index in [9.17, 15) is 9.59 Å². The van der Waals surface area contributed by atoms with Crippen LogP contribution in [0, 0.1) is 0 Å². The van der Waals surface area contributed by atoms with Crippen molar-refractivity contribution in [1.82, 2.24) is 10.2 Å². The summed E-state index contributed by atoms with van der Waals surface area (Å²) in [5.74, 6) is -0.0417. The van der Waals surface area contributed by atoms with Gasteiger partial charge in [-0.15, -0.1) is 0 Å². The first-order valence-electron chi connectivity index (χ1n) is 5.40. The summed E-state index contributed by atoms with van der Waals surface area (Å²) in [5, 5.41) is 2.74. The molecule has 5 heteroatoms. The number of likely N-dealkylation sites (tertiary alicyclic amines) is 1. The average molecular weight is 213 g/mol. The highest BCUT2D eigenvalue weighted by atomic mass is 16.2. The SMILES string of the molecule is C[C@@H](CN)NC(=O)CN1CCCCC1=O. The first-order chi connectivity index (χ1) is 7.13. The molecule has 0 aliphatic carbocycles. The van der Waals surface area contributed by atoms with Crippen molar-refractivity contribution >= 4 is 11.8 Å². The molecule has 0 spiro atoms. The fourth-order valence-corrected chi connectivity index (χ4v) is 1.58. The van der Waals surface area contributed by atoms with Gasteiger partial charge in [-0.1, -0.05) is 0 Å². The first kappa shape index (κ1) is 12.0. The molecular formula is C10H19N3O2. The van der Waals surface area contributed by atoms with E-state index in [1.54, 1.807) is 4.90 Å². The molecule has 1 rings (SSSR count). The molecule has 0 aromatic carbocycles. The molecule has 1 saturated heterocycles. The van der Waals surface area contributed by atoms with Crippen molar-refractivity contribution in [2.75, 3.05) is 19.6 Å². The summed E-state index contributed by atoms with van der Waals surface area (Å²) in [7, 11) is 0. The normalized spacial score (nSPS) is 18.8. The number of amides is 2. The zero-order chi connectivity index (χ0) is 11.3. The van der Waals surface area contributed by atoms with Crippen molar-refractivity contribution in [1.29, 1.82) is 0 Å². The topological polar surface area (TPSA) is 75.4 Å². The molecule has 0 radical (unpaired) electrons. The summed E-state index contributed by atoms with van der Waals surface area (Å²) in [6, 6.07) is -0.0302. The predicted molar refractivity (Wildman–Crippen MR) is 57.1 cm³/mol. The largest absolute Gasteiger partial charge is 0.351 e. The third-order valence-corrected chi connectivity index (χ3v) is 2.52. The zero-order valence-corrected chi connectivity index (χ0v) is 9.16. The number of carbonyl (C=O) groups is 2. The summed E-state index contributed by atoms with van der Waals surface area (Å²) in [6.45, 7) is 3.13. The Morgan fingerprint density at radius 2 is 2.33 bits per heavy atom. The highest BCUT2D eigenvalue weighted by Crippen LogP contribution is 2.09. The molecule has 86 valence electrons. The Balaban J connectivity index is 2.33. The fourth-order valence-electron chi connectivity index (χ4n) is 1.58. The molecule has 1 heterocycles. The maximum atomic E-state index is 11.5. The Labute approximate surface area is 90.0 Å². The van der Waals surface area contributed by atoms with Crippen LogP contribution in [0.25, 0.3) is 0 Å². The summed E-state index contributed by atoms with van der Waals surface area (Å²) in [5.41, 5.74) is 5.39. The molecule has 15 heavy (non-hydrogen) atoms. The second-order valence-electron chi connectivity index (χ2n) is 3.98. The van der Waals surface area contributed by atoms with Gasteiger partial charge in [-0.2, -0.15) is 0 Å². The molecule has 1 aliphatic rings. The lowest BCUT2D eigenvalue weighted by Crippen LogP contribution is -2.46. The number of nitrogens with one attached hydrogen (secondary N) is 1. The van der Waals surface area contributed by atoms with Crippen LogP contribution in [0.2, 0.25) is 0 Å². The summed E-state index contributed by atoms with van der Waals surface area (Å²) >= 11 is 0. The van der Waals surface area contributed by atoms with Gasteiger partial charge in [0.2, 0.25) is 11.8 Å². The Morgan fingerprint density at radius 1 is 1.60 bits per heavy atom. The van der Waals surface area contributed by atoms with Gasteiger partial charge >= 0.3 is 0 Å². The van der Waals surface area contributed by atoms with E-state index in [2.05, 4.69) is 5.32 Å². The average Bonchev–Trinajstić information content (AvgIpc) is 2.21. The molecule has 1 aliphatic heterocycles. The van der Waals surface area contributed by atoms with E-state index in [0.717, 1.165) is 12.8 Å². The van der Waals surface area contributed by atoms with Crippen LogP contribution in [-0.4, -0.2) is 42.4 Å². The Hall–Kier alpha value is -1.10. The van der Waals surface area contributed by atoms with Gasteiger partial charge < -0.3 is 16.0 Å². The van der Waals surface area contributed by atoms with E-state index >= 15 is 0 Å². The van der Waals surface area contributed by atoms with Gasteiger partial charge in [-0.3, -0.25) is 9.59 Å². The van der Waals surface area contributed by atoms with Crippen molar-refractivity contribution in [3.8, 4) is 0 Å². The van der Waals surface area contributed by atoms with Crippen LogP contribution in [0.4, 0.5) is 0 Å². The molecular weight excluding hydrogens is 194 g/mol. The van der Waals surface area contributed by atoms with Crippen LogP contribution in [0.3, 0.4) is 0 Å². The summed E-state index contributed by atoms with van der Waals surface area (Å²) < 4.78 is 0. The molecule has 0 saturated carbocycles. The van der Waals surface area contributed by atoms with Crippen molar-refractivity contribution in [2.24, 2.45) is 5.73 Å². The highest BCUT2D eigenvalue weighted by Gasteiger charge is 2.20. The van der Waals surface area contributed by atoms with Crippen molar-refractivity contribution < 1.29 is 9.59 Å². The first-order valence-corrected chi connectivity index (χ1v) is 5.40. The molecule has 0 unspecified atom stereocenters. The lowest BCUT2D eigenvalue weighted by molar-refractivity contribution is -0.138. The maximum absolute atomic E-state index is 11.5. The van der Waals surface area contributed by atoms with E-state index in [-0.39, 0.29) is 24.4 Å². The van der Waals surface area contributed by atoms with Crippen LogP contribution < -0.4 is 11.1 Å². The number of nitrogens with zero attached hydrogens (tertiary/aromatic N) is 1. The molecule has 2 amide bonds. The second kappa shape index (κ2) is 5.70. The van der Waals surface area contributed by atoms with Crippen molar-refractivity contribution in [2.45, 2.75) is 32.2 Å². The third-order valence-electron chi connectivity index (χ3n) is 2.52. The van der Waals surface area contributed by atoms with E-state index in [4.69, 9.17) is 5.73 Å².